The number of pyridine rings is 1. The number of methoxy groups -OCH3 is 1. The highest BCUT2D eigenvalue weighted by atomic mass is 16.5. The molecule has 0 aromatic carbocycles. The van der Waals surface area contributed by atoms with Crippen LogP contribution in [0, 0.1) is 6.92 Å². The zero-order chi connectivity index (χ0) is 12.3. The van der Waals surface area contributed by atoms with E-state index in [4.69, 9.17) is 10.5 Å². The third-order valence-electron chi connectivity index (χ3n) is 2.22. The first-order chi connectivity index (χ1) is 7.47. The molecule has 6 heteroatoms. The number of carbonyl (C=O) groups is 1. The number of nitrogens with zero attached hydrogens (tertiary/aromatic N) is 1. The van der Waals surface area contributed by atoms with Gasteiger partial charge in [0.1, 0.15) is 6.10 Å². The molecule has 1 aromatic rings. The van der Waals surface area contributed by atoms with Gasteiger partial charge in [-0.1, -0.05) is 0 Å². The maximum Gasteiger partial charge on any atom is 0.249 e. The second-order valence-electron chi connectivity index (χ2n) is 3.32. The molecule has 0 spiro atoms. The molecule has 0 saturated heterocycles. The first kappa shape index (κ1) is 12.4. The van der Waals surface area contributed by atoms with Crippen LogP contribution in [0.15, 0.2) is 12.1 Å². The van der Waals surface area contributed by atoms with E-state index in [2.05, 4.69) is 4.98 Å². The molecule has 1 aromatic heterocycles. The monoisotopic (exact) mass is 226 g/mol. The number of aliphatic hydroxyl groups is 2. The normalized spacial score (nSPS) is 14.2. The summed E-state index contributed by atoms with van der Waals surface area (Å²) in [7, 11) is 1.47. The van der Waals surface area contributed by atoms with E-state index in [1.165, 1.54) is 19.2 Å². The predicted molar refractivity (Wildman–Crippen MR) is 55.7 cm³/mol. The number of amides is 1. The van der Waals surface area contributed by atoms with E-state index in [1.807, 2.05) is 0 Å². The van der Waals surface area contributed by atoms with Crippen LogP contribution in [0.4, 0.5) is 0 Å². The highest BCUT2D eigenvalue weighted by Crippen LogP contribution is 2.21. The maximum absolute atomic E-state index is 10.7. The number of aromatic nitrogens is 1. The van der Waals surface area contributed by atoms with Gasteiger partial charge in [0.05, 0.1) is 7.11 Å². The number of carbonyl (C=O) groups excluding carboxylic acids is 1. The minimum absolute atomic E-state index is 0.340. The Morgan fingerprint density at radius 3 is 2.56 bits per heavy atom. The minimum Gasteiger partial charge on any atom is -0.481 e. The van der Waals surface area contributed by atoms with E-state index in [9.17, 15) is 15.0 Å². The zero-order valence-corrected chi connectivity index (χ0v) is 9.04. The lowest BCUT2D eigenvalue weighted by Gasteiger charge is -2.17. The molecule has 1 heterocycles. The van der Waals surface area contributed by atoms with Crippen molar-refractivity contribution in [1.82, 2.24) is 4.98 Å². The van der Waals surface area contributed by atoms with E-state index < -0.39 is 18.1 Å². The summed E-state index contributed by atoms with van der Waals surface area (Å²) in [6.07, 6.45) is -3.02. The molecule has 0 fully saturated rings. The second-order valence-corrected chi connectivity index (χ2v) is 3.32. The van der Waals surface area contributed by atoms with E-state index >= 15 is 0 Å². The van der Waals surface area contributed by atoms with Gasteiger partial charge < -0.3 is 20.7 Å². The van der Waals surface area contributed by atoms with Gasteiger partial charge in [-0.25, -0.2) is 4.98 Å². The number of ether oxygens (including phenoxy) is 1. The molecule has 0 aliphatic carbocycles. The maximum atomic E-state index is 10.7. The Labute approximate surface area is 92.7 Å². The molecule has 6 nitrogen and oxygen atoms in total. The second kappa shape index (κ2) is 4.91. The number of hydrogen-bond acceptors (Lipinski definition) is 5. The summed E-state index contributed by atoms with van der Waals surface area (Å²) >= 11 is 0. The van der Waals surface area contributed by atoms with Crippen LogP contribution in [0.2, 0.25) is 0 Å². The van der Waals surface area contributed by atoms with Crippen molar-refractivity contribution < 1.29 is 19.7 Å². The molecule has 4 N–H and O–H groups in total. The van der Waals surface area contributed by atoms with Crippen LogP contribution >= 0.6 is 0 Å². The summed E-state index contributed by atoms with van der Waals surface area (Å²) < 4.78 is 4.89. The summed E-state index contributed by atoms with van der Waals surface area (Å²) in [6.45, 7) is 1.63. The molecule has 88 valence electrons. The van der Waals surface area contributed by atoms with E-state index in [0.29, 0.717) is 17.1 Å². The van der Waals surface area contributed by atoms with Crippen LogP contribution in [-0.4, -0.2) is 34.3 Å². The molecule has 16 heavy (non-hydrogen) atoms. The Hall–Kier alpha value is -1.66. The van der Waals surface area contributed by atoms with Gasteiger partial charge in [0.25, 0.3) is 0 Å². The van der Waals surface area contributed by atoms with Crippen LogP contribution < -0.4 is 10.5 Å². The fraction of sp³-hybridized carbons (Fsp3) is 0.400. The largest absolute Gasteiger partial charge is 0.481 e. The first-order valence-corrected chi connectivity index (χ1v) is 4.64. The number of nitrogens with two attached hydrogens (primary N) is 1. The smallest absolute Gasteiger partial charge is 0.249 e. The Morgan fingerprint density at radius 2 is 2.12 bits per heavy atom. The Morgan fingerprint density at radius 1 is 1.50 bits per heavy atom. The van der Waals surface area contributed by atoms with Crippen LogP contribution in [-0.2, 0) is 4.79 Å². The molecule has 2 atom stereocenters. The van der Waals surface area contributed by atoms with Gasteiger partial charge in [0, 0.05) is 17.3 Å². The predicted octanol–water partition coefficient (Wildman–Crippen LogP) is -0.722. The quantitative estimate of drug-likeness (QED) is 0.628. The summed E-state index contributed by atoms with van der Waals surface area (Å²) in [5.41, 5.74) is 5.69. The molecule has 0 bridgehead atoms. The van der Waals surface area contributed by atoms with E-state index in [-0.39, 0.29) is 0 Å². The summed E-state index contributed by atoms with van der Waals surface area (Å²) in [5, 5.41) is 19.0. The molecular formula is C10H14N2O4. The van der Waals surface area contributed by atoms with Crippen LogP contribution in [0.25, 0.3) is 0 Å². The van der Waals surface area contributed by atoms with Crippen LogP contribution in [0.1, 0.15) is 17.4 Å². The third-order valence-corrected chi connectivity index (χ3v) is 2.22. The molecule has 1 rings (SSSR count). The number of hydrogen-bond donors (Lipinski definition) is 3. The van der Waals surface area contributed by atoms with Gasteiger partial charge in [-0.2, -0.15) is 0 Å². The Kier molecular flexibility index (Phi) is 3.81. The summed E-state index contributed by atoms with van der Waals surface area (Å²) in [4.78, 5) is 14.7. The molecule has 0 aliphatic rings. The van der Waals surface area contributed by atoms with E-state index in [0.717, 1.165) is 0 Å². The molecular weight excluding hydrogens is 212 g/mol. The Bertz CT molecular complexity index is 394. The van der Waals surface area contributed by atoms with Crippen molar-refractivity contribution in [3.63, 3.8) is 0 Å². The first-order valence-electron chi connectivity index (χ1n) is 4.64. The zero-order valence-electron chi connectivity index (χ0n) is 9.04. The van der Waals surface area contributed by atoms with E-state index in [1.54, 1.807) is 6.92 Å². The number of primary amides is 1. The number of rotatable bonds is 4. The van der Waals surface area contributed by atoms with Crippen molar-refractivity contribution in [2.24, 2.45) is 5.73 Å². The standard InChI is InChI=1S/C10H14N2O4/c1-5-6(3-4-7(12-5)16-2)8(13)9(14)10(11)15/h3-4,8-9,13-14H,1-2H3,(H2,11,15). The van der Waals surface area contributed by atoms with Crippen molar-refractivity contribution >= 4 is 5.91 Å². The van der Waals surface area contributed by atoms with Gasteiger partial charge in [0.15, 0.2) is 6.10 Å². The van der Waals surface area contributed by atoms with Gasteiger partial charge >= 0.3 is 0 Å². The topological polar surface area (TPSA) is 106 Å². The van der Waals surface area contributed by atoms with Gasteiger partial charge in [-0.3, -0.25) is 4.79 Å². The minimum atomic E-state index is -1.64. The van der Waals surface area contributed by atoms with Crippen molar-refractivity contribution in [3.8, 4) is 5.88 Å². The van der Waals surface area contributed by atoms with Crippen molar-refractivity contribution in [1.29, 1.82) is 0 Å². The van der Waals surface area contributed by atoms with Crippen molar-refractivity contribution in [3.05, 3.63) is 23.4 Å². The lowest BCUT2D eigenvalue weighted by atomic mass is 10.0. The Balaban J connectivity index is 3.00. The highest BCUT2D eigenvalue weighted by Gasteiger charge is 2.25. The lowest BCUT2D eigenvalue weighted by Crippen LogP contribution is -2.34. The third kappa shape index (κ3) is 2.47. The van der Waals surface area contributed by atoms with Crippen LogP contribution in [0.3, 0.4) is 0 Å². The number of aryl methyl sites for hydroxylation is 1. The van der Waals surface area contributed by atoms with Gasteiger partial charge in [-0.15, -0.1) is 0 Å². The fourth-order valence-electron chi connectivity index (χ4n) is 1.30. The number of aliphatic hydroxyl groups excluding tert-OH is 2. The summed E-state index contributed by atoms with van der Waals surface area (Å²) in [6, 6.07) is 3.05. The van der Waals surface area contributed by atoms with Crippen molar-refractivity contribution in [2.75, 3.05) is 7.11 Å². The molecule has 1 amide bonds. The van der Waals surface area contributed by atoms with Crippen LogP contribution in [0.5, 0.6) is 5.88 Å². The van der Waals surface area contributed by atoms with Crippen molar-refractivity contribution in [2.45, 2.75) is 19.1 Å². The summed E-state index contributed by atoms with van der Waals surface area (Å²) in [5.74, 6) is -0.593. The molecule has 0 radical (unpaired) electrons. The lowest BCUT2D eigenvalue weighted by molar-refractivity contribution is -0.132. The highest BCUT2D eigenvalue weighted by molar-refractivity contribution is 5.79. The average Bonchev–Trinajstić information content (AvgIpc) is 2.26. The molecule has 0 aliphatic heterocycles. The van der Waals surface area contributed by atoms with Gasteiger partial charge in [0.2, 0.25) is 11.8 Å². The van der Waals surface area contributed by atoms with Gasteiger partial charge in [-0.05, 0) is 13.0 Å². The molecule has 0 saturated carbocycles. The fourth-order valence-corrected chi connectivity index (χ4v) is 1.30. The average molecular weight is 226 g/mol. The molecule has 2 unspecified atom stereocenters. The SMILES string of the molecule is COc1ccc(C(O)C(O)C(N)=O)c(C)n1.